The van der Waals surface area contributed by atoms with Crippen LogP contribution in [0.2, 0.25) is 0 Å². The van der Waals surface area contributed by atoms with Crippen molar-refractivity contribution in [2.24, 2.45) is 0 Å². The van der Waals surface area contributed by atoms with Gasteiger partial charge in [-0.25, -0.2) is 4.79 Å². The van der Waals surface area contributed by atoms with E-state index in [2.05, 4.69) is 46.2 Å². The van der Waals surface area contributed by atoms with Crippen LogP contribution in [0.15, 0.2) is 47.3 Å². The Morgan fingerprint density at radius 1 is 1.13 bits per heavy atom. The van der Waals surface area contributed by atoms with Crippen LogP contribution >= 0.6 is 11.3 Å². The Kier molecular flexibility index (Phi) is 7.70. The summed E-state index contributed by atoms with van der Waals surface area (Å²) in [7, 11) is 3.50. The number of carbonyl (C=O) groups excluding carboxylic acids is 2. The Morgan fingerprint density at radius 2 is 1.90 bits per heavy atom. The highest BCUT2D eigenvalue weighted by molar-refractivity contribution is 7.08. The van der Waals surface area contributed by atoms with Crippen molar-refractivity contribution in [2.75, 3.05) is 39.0 Å². The summed E-state index contributed by atoms with van der Waals surface area (Å²) in [5, 5.41) is 11.1. The number of carbonyl (C=O) groups is 2. The molecule has 0 saturated carbocycles. The number of hydrogen-bond acceptors (Lipinski definition) is 4. The van der Waals surface area contributed by atoms with E-state index in [1.54, 1.807) is 30.3 Å². The fraction of sp³-hybridized carbons (Fsp3) is 0.391. The second-order valence-corrected chi connectivity index (χ2v) is 8.41. The average Bonchev–Trinajstić information content (AvgIpc) is 3.41. The molecule has 0 aliphatic carbocycles. The number of rotatable bonds is 9. The first kappa shape index (κ1) is 22.8. The molecule has 1 unspecified atom stereocenters. The Hall–Kier alpha value is -2.84. The van der Waals surface area contributed by atoms with Crippen molar-refractivity contribution in [1.82, 2.24) is 19.7 Å². The van der Waals surface area contributed by atoms with Crippen molar-refractivity contribution in [2.45, 2.75) is 26.4 Å². The normalized spacial score (nSPS) is 12.2. The van der Waals surface area contributed by atoms with E-state index in [-0.39, 0.29) is 18.0 Å². The number of hydrogen-bond donors (Lipinski definition) is 2. The molecule has 3 aromatic rings. The molecule has 31 heavy (non-hydrogen) atoms. The van der Waals surface area contributed by atoms with Gasteiger partial charge in [0.2, 0.25) is 5.91 Å². The van der Waals surface area contributed by atoms with Crippen LogP contribution in [0.3, 0.4) is 0 Å². The quantitative estimate of drug-likeness (QED) is 0.527. The van der Waals surface area contributed by atoms with Gasteiger partial charge in [-0.15, -0.1) is 0 Å². The average molecular weight is 442 g/mol. The second kappa shape index (κ2) is 10.5. The van der Waals surface area contributed by atoms with Gasteiger partial charge >= 0.3 is 6.03 Å². The van der Waals surface area contributed by atoms with Crippen LogP contribution < -0.4 is 10.6 Å². The summed E-state index contributed by atoms with van der Waals surface area (Å²) < 4.78 is 1.91. The zero-order valence-corrected chi connectivity index (χ0v) is 19.4. The van der Waals surface area contributed by atoms with Gasteiger partial charge in [0.25, 0.3) is 0 Å². The highest BCUT2D eigenvalue weighted by atomic mass is 32.1. The fourth-order valence-corrected chi connectivity index (χ4v) is 4.36. The monoisotopic (exact) mass is 441 g/mol. The molecule has 1 aromatic carbocycles. The molecule has 0 saturated heterocycles. The number of amides is 3. The summed E-state index contributed by atoms with van der Waals surface area (Å²) in [6.45, 7) is 6.94. The van der Waals surface area contributed by atoms with E-state index in [0.717, 1.165) is 29.7 Å². The summed E-state index contributed by atoms with van der Waals surface area (Å²) in [5.74, 6) is 0.0347. The van der Waals surface area contributed by atoms with Gasteiger partial charge in [-0.2, -0.15) is 11.3 Å². The van der Waals surface area contributed by atoms with Crippen LogP contribution in [0.1, 0.15) is 25.5 Å². The third kappa shape index (κ3) is 5.65. The zero-order chi connectivity index (χ0) is 22.4. The minimum absolute atomic E-state index is 0.0347. The van der Waals surface area contributed by atoms with E-state index in [0.29, 0.717) is 13.1 Å². The molecule has 0 aliphatic rings. The first-order valence-electron chi connectivity index (χ1n) is 10.5. The van der Waals surface area contributed by atoms with Gasteiger partial charge in [-0.1, -0.05) is 13.8 Å². The van der Waals surface area contributed by atoms with Crippen molar-refractivity contribution in [3.63, 3.8) is 0 Å². The van der Waals surface area contributed by atoms with Crippen LogP contribution in [0.25, 0.3) is 10.9 Å². The van der Waals surface area contributed by atoms with Crippen molar-refractivity contribution < 1.29 is 9.59 Å². The van der Waals surface area contributed by atoms with Gasteiger partial charge in [0.1, 0.15) is 6.54 Å². The van der Waals surface area contributed by atoms with E-state index in [1.165, 1.54) is 5.56 Å². The second-order valence-electron chi connectivity index (χ2n) is 7.63. The first-order valence-corrected chi connectivity index (χ1v) is 11.5. The fourth-order valence-electron chi connectivity index (χ4n) is 3.65. The van der Waals surface area contributed by atoms with Gasteiger partial charge in [-0.05, 0) is 59.7 Å². The van der Waals surface area contributed by atoms with Crippen LogP contribution in [-0.4, -0.2) is 60.0 Å². The van der Waals surface area contributed by atoms with E-state index in [9.17, 15) is 9.59 Å². The predicted molar refractivity (Wildman–Crippen MR) is 128 cm³/mol. The maximum absolute atomic E-state index is 12.6. The van der Waals surface area contributed by atoms with Crippen molar-refractivity contribution >= 4 is 39.9 Å². The molecule has 2 N–H and O–H groups in total. The molecule has 0 aliphatic heterocycles. The molecule has 2 heterocycles. The molecular formula is C23H31N5O2S. The largest absolute Gasteiger partial charge is 0.347 e. The summed E-state index contributed by atoms with van der Waals surface area (Å²) in [4.78, 5) is 28.5. The minimum Gasteiger partial charge on any atom is -0.347 e. The van der Waals surface area contributed by atoms with Gasteiger partial charge in [0.05, 0.1) is 6.04 Å². The molecule has 0 radical (unpaired) electrons. The molecule has 0 fully saturated rings. The Morgan fingerprint density at radius 3 is 2.55 bits per heavy atom. The van der Waals surface area contributed by atoms with Crippen LogP contribution in [0.5, 0.6) is 0 Å². The van der Waals surface area contributed by atoms with E-state index >= 15 is 0 Å². The third-order valence-corrected chi connectivity index (χ3v) is 6.17. The number of nitrogens with one attached hydrogen (secondary N) is 2. The van der Waals surface area contributed by atoms with E-state index < -0.39 is 0 Å². The predicted octanol–water partition coefficient (Wildman–Crippen LogP) is 4.00. The molecule has 3 amide bonds. The van der Waals surface area contributed by atoms with Crippen LogP contribution in [0, 0.1) is 0 Å². The summed E-state index contributed by atoms with van der Waals surface area (Å²) in [6, 6.07) is 9.71. The number of likely N-dealkylation sites (N-methyl/N-ethyl adjacent to an activating group) is 2. The van der Waals surface area contributed by atoms with Gasteiger partial charge in [-0.3, -0.25) is 9.69 Å². The lowest BCUT2D eigenvalue weighted by Crippen LogP contribution is -2.39. The smallest absolute Gasteiger partial charge is 0.319 e. The summed E-state index contributed by atoms with van der Waals surface area (Å²) in [6.07, 6.45) is 1.89. The lowest BCUT2D eigenvalue weighted by molar-refractivity contribution is -0.129. The van der Waals surface area contributed by atoms with Crippen molar-refractivity contribution in [3.05, 3.63) is 52.9 Å². The molecule has 0 bridgehead atoms. The maximum Gasteiger partial charge on any atom is 0.319 e. The minimum atomic E-state index is -0.228. The lowest BCUT2D eigenvalue weighted by atomic mass is 10.1. The molecule has 3 rings (SSSR count). The standard InChI is InChI=1S/C23H31N5O2S/c1-5-27(6-2)21(18-10-12-31-16-18)14-24-23(30)25-19-7-8-20-17(13-19)9-11-28(20)15-22(29)26(3)4/h7-13,16,21H,5-6,14-15H2,1-4H3,(H2,24,25,30). The van der Waals surface area contributed by atoms with Crippen molar-refractivity contribution in [1.29, 1.82) is 0 Å². The number of anilines is 1. The molecule has 8 heteroatoms. The first-order chi connectivity index (χ1) is 14.9. The lowest BCUT2D eigenvalue weighted by Gasteiger charge is -2.29. The molecular weight excluding hydrogens is 410 g/mol. The molecule has 2 aromatic heterocycles. The van der Waals surface area contributed by atoms with Crippen LogP contribution in [-0.2, 0) is 11.3 Å². The van der Waals surface area contributed by atoms with E-state index in [4.69, 9.17) is 0 Å². The summed E-state index contributed by atoms with van der Waals surface area (Å²) in [5.41, 5.74) is 2.90. The van der Waals surface area contributed by atoms with Crippen molar-refractivity contribution in [3.8, 4) is 0 Å². The molecule has 7 nitrogen and oxygen atoms in total. The number of benzene rings is 1. The molecule has 0 spiro atoms. The van der Waals surface area contributed by atoms with Gasteiger partial charge in [0.15, 0.2) is 0 Å². The maximum atomic E-state index is 12.6. The zero-order valence-electron chi connectivity index (χ0n) is 18.6. The number of aromatic nitrogens is 1. The molecule has 1 atom stereocenters. The SMILES string of the molecule is CCN(CC)C(CNC(=O)Nc1ccc2c(ccn2CC(=O)N(C)C)c1)c1ccsc1. The highest BCUT2D eigenvalue weighted by Gasteiger charge is 2.19. The Bertz CT molecular complexity index is 1010. The Balaban J connectivity index is 1.64. The number of urea groups is 1. The summed E-state index contributed by atoms with van der Waals surface area (Å²) >= 11 is 1.67. The highest BCUT2D eigenvalue weighted by Crippen LogP contribution is 2.23. The molecule has 166 valence electrons. The van der Waals surface area contributed by atoms with Crippen LogP contribution in [0.4, 0.5) is 10.5 Å². The van der Waals surface area contributed by atoms with Gasteiger partial charge in [0, 0.05) is 43.4 Å². The number of thiophene rings is 1. The number of fused-ring (bicyclic) bond motifs is 1. The third-order valence-electron chi connectivity index (χ3n) is 5.47. The Labute approximate surface area is 187 Å². The topological polar surface area (TPSA) is 69.6 Å². The van der Waals surface area contributed by atoms with E-state index in [1.807, 2.05) is 35.0 Å². The van der Waals surface area contributed by atoms with Gasteiger partial charge < -0.3 is 20.1 Å². The number of nitrogens with zero attached hydrogens (tertiary/aromatic N) is 3.